The first-order valence-corrected chi connectivity index (χ1v) is 8.60. The van der Waals surface area contributed by atoms with Crippen LogP contribution in [0.1, 0.15) is 13.3 Å². The number of ether oxygens (including phenoxy) is 1. The van der Waals surface area contributed by atoms with E-state index in [1.807, 2.05) is 6.92 Å². The second kappa shape index (κ2) is 6.19. The van der Waals surface area contributed by atoms with Gasteiger partial charge in [0.15, 0.2) is 9.84 Å². The normalized spacial score (nSPS) is 28.3. The van der Waals surface area contributed by atoms with Crippen LogP contribution in [0.25, 0.3) is 0 Å². The van der Waals surface area contributed by atoms with E-state index in [9.17, 15) is 13.2 Å². The molecule has 2 aliphatic heterocycles. The van der Waals surface area contributed by atoms with Gasteiger partial charge in [0.25, 0.3) is 0 Å². The van der Waals surface area contributed by atoms with Gasteiger partial charge in [0.2, 0.25) is 5.91 Å². The van der Waals surface area contributed by atoms with E-state index >= 15 is 0 Å². The summed E-state index contributed by atoms with van der Waals surface area (Å²) in [6, 6.07) is -0.263. The van der Waals surface area contributed by atoms with Crippen LogP contribution in [0.5, 0.6) is 0 Å². The summed E-state index contributed by atoms with van der Waals surface area (Å²) in [5.74, 6) is 0.748. The van der Waals surface area contributed by atoms with Crippen molar-refractivity contribution < 1.29 is 17.9 Å². The number of morpholine rings is 1. The van der Waals surface area contributed by atoms with Gasteiger partial charge in [-0.3, -0.25) is 4.79 Å². The minimum absolute atomic E-state index is 0.0733. The highest BCUT2D eigenvalue weighted by atomic mass is 32.2. The number of carbonyl (C=O) groups is 1. The van der Waals surface area contributed by atoms with E-state index in [1.54, 1.807) is 4.90 Å². The zero-order valence-electron chi connectivity index (χ0n) is 11.3. The Morgan fingerprint density at radius 1 is 1.42 bits per heavy atom. The summed E-state index contributed by atoms with van der Waals surface area (Å²) in [5, 5.41) is 3.16. The SMILES string of the molecule is CC(NCC1CCS(=O)(=O)C1)C(=O)N1CCOCC1. The van der Waals surface area contributed by atoms with E-state index in [1.165, 1.54) is 0 Å². The Hall–Kier alpha value is -0.660. The van der Waals surface area contributed by atoms with Gasteiger partial charge in [-0.15, -0.1) is 0 Å². The third-order valence-corrected chi connectivity index (χ3v) is 5.57. The molecule has 19 heavy (non-hydrogen) atoms. The molecule has 0 bridgehead atoms. The highest BCUT2D eigenvalue weighted by molar-refractivity contribution is 7.91. The first-order chi connectivity index (χ1) is 8.98. The summed E-state index contributed by atoms with van der Waals surface area (Å²) in [6.07, 6.45) is 0.702. The maximum Gasteiger partial charge on any atom is 0.239 e. The quantitative estimate of drug-likeness (QED) is 0.738. The molecule has 0 aromatic heterocycles. The van der Waals surface area contributed by atoms with Gasteiger partial charge in [-0.25, -0.2) is 8.42 Å². The lowest BCUT2D eigenvalue weighted by molar-refractivity contribution is -0.137. The molecule has 0 aromatic carbocycles. The number of nitrogens with one attached hydrogen (secondary N) is 1. The molecule has 6 nitrogen and oxygen atoms in total. The number of hydrogen-bond donors (Lipinski definition) is 1. The second-order valence-electron chi connectivity index (χ2n) is 5.34. The lowest BCUT2D eigenvalue weighted by Crippen LogP contribution is -2.50. The van der Waals surface area contributed by atoms with E-state index in [0.29, 0.717) is 39.3 Å². The summed E-state index contributed by atoms with van der Waals surface area (Å²) in [5.41, 5.74) is 0. The summed E-state index contributed by atoms with van der Waals surface area (Å²) < 4.78 is 27.9. The van der Waals surface area contributed by atoms with Gasteiger partial charge < -0.3 is 15.0 Å². The van der Waals surface area contributed by atoms with E-state index in [-0.39, 0.29) is 29.4 Å². The fourth-order valence-corrected chi connectivity index (χ4v) is 4.38. The largest absolute Gasteiger partial charge is 0.378 e. The Morgan fingerprint density at radius 3 is 2.68 bits per heavy atom. The van der Waals surface area contributed by atoms with E-state index in [2.05, 4.69) is 5.32 Å². The Balaban J connectivity index is 1.74. The van der Waals surface area contributed by atoms with Crippen molar-refractivity contribution in [3.63, 3.8) is 0 Å². The molecule has 2 fully saturated rings. The van der Waals surface area contributed by atoms with Crippen LogP contribution < -0.4 is 5.32 Å². The molecule has 1 amide bonds. The van der Waals surface area contributed by atoms with Crippen LogP contribution >= 0.6 is 0 Å². The molecule has 0 aromatic rings. The number of carbonyl (C=O) groups excluding carboxylic acids is 1. The molecule has 2 unspecified atom stereocenters. The van der Waals surface area contributed by atoms with Crippen molar-refractivity contribution in [3.05, 3.63) is 0 Å². The first kappa shape index (κ1) is 14.7. The maximum atomic E-state index is 12.1. The zero-order chi connectivity index (χ0) is 13.9. The number of nitrogens with zero attached hydrogens (tertiary/aromatic N) is 1. The molecule has 2 aliphatic rings. The van der Waals surface area contributed by atoms with Crippen molar-refractivity contribution in [3.8, 4) is 0 Å². The van der Waals surface area contributed by atoms with Crippen LogP contribution in [0.2, 0.25) is 0 Å². The molecule has 7 heteroatoms. The van der Waals surface area contributed by atoms with Crippen LogP contribution in [0.3, 0.4) is 0 Å². The molecule has 0 spiro atoms. The summed E-state index contributed by atoms with van der Waals surface area (Å²) in [7, 11) is -2.84. The maximum absolute atomic E-state index is 12.1. The Labute approximate surface area is 114 Å². The molecule has 110 valence electrons. The van der Waals surface area contributed by atoms with Crippen molar-refractivity contribution in [2.75, 3.05) is 44.4 Å². The van der Waals surface area contributed by atoms with Crippen LogP contribution in [0, 0.1) is 5.92 Å². The molecule has 0 aliphatic carbocycles. The predicted molar refractivity (Wildman–Crippen MR) is 71.6 cm³/mol. The van der Waals surface area contributed by atoms with Crippen LogP contribution in [0.15, 0.2) is 0 Å². The third kappa shape index (κ3) is 4.15. The van der Waals surface area contributed by atoms with Gasteiger partial charge >= 0.3 is 0 Å². The van der Waals surface area contributed by atoms with Crippen LogP contribution in [0.4, 0.5) is 0 Å². The number of hydrogen-bond acceptors (Lipinski definition) is 5. The summed E-state index contributed by atoms with van der Waals surface area (Å²) in [6.45, 7) is 4.90. The van der Waals surface area contributed by atoms with Crippen molar-refractivity contribution in [1.29, 1.82) is 0 Å². The number of amides is 1. The molecule has 0 radical (unpaired) electrons. The van der Waals surface area contributed by atoms with Gasteiger partial charge in [-0.1, -0.05) is 0 Å². The molecular weight excluding hydrogens is 268 g/mol. The van der Waals surface area contributed by atoms with E-state index in [0.717, 1.165) is 0 Å². The minimum Gasteiger partial charge on any atom is -0.378 e. The molecule has 2 saturated heterocycles. The van der Waals surface area contributed by atoms with Gasteiger partial charge in [0.05, 0.1) is 30.8 Å². The number of rotatable bonds is 4. The fourth-order valence-electron chi connectivity index (χ4n) is 2.52. The van der Waals surface area contributed by atoms with Crippen molar-refractivity contribution in [1.82, 2.24) is 10.2 Å². The van der Waals surface area contributed by atoms with E-state index in [4.69, 9.17) is 4.74 Å². The second-order valence-corrected chi connectivity index (χ2v) is 7.57. The van der Waals surface area contributed by atoms with E-state index < -0.39 is 9.84 Å². The smallest absolute Gasteiger partial charge is 0.239 e. The lowest BCUT2D eigenvalue weighted by atomic mass is 10.1. The lowest BCUT2D eigenvalue weighted by Gasteiger charge is -2.29. The number of sulfone groups is 1. The van der Waals surface area contributed by atoms with Crippen LogP contribution in [-0.2, 0) is 19.4 Å². The topological polar surface area (TPSA) is 75.7 Å². The average Bonchev–Trinajstić information content (AvgIpc) is 2.76. The monoisotopic (exact) mass is 290 g/mol. The summed E-state index contributed by atoms with van der Waals surface area (Å²) in [4.78, 5) is 13.9. The highest BCUT2D eigenvalue weighted by Crippen LogP contribution is 2.17. The predicted octanol–water partition coefficient (Wildman–Crippen LogP) is -0.742. The summed E-state index contributed by atoms with van der Waals surface area (Å²) >= 11 is 0. The van der Waals surface area contributed by atoms with Crippen molar-refractivity contribution in [2.24, 2.45) is 5.92 Å². The molecule has 2 rings (SSSR count). The van der Waals surface area contributed by atoms with Gasteiger partial charge in [0.1, 0.15) is 0 Å². The molecule has 0 saturated carbocycles. The van der Waals surface area contributed by atoms with Gasteiger partial charge in [-0.05, 0) is 25.8 Å². The molecule has 2 atom stereocenters. The minimum atomic E-state index is -2.84. The van der Waals surface area contributed by atoms with Crippen molar-refractivity contribution in [2.45, 2.75) is 19.4 Å². The standard InChI is InChI=1S/C12H22N2O4S/c1-10(12(15)14-3-5-18-6-4-14)13-8-11-2-7-19(16,17)9-11/h10-11,13H,2-9H2,1H3. The highest BCUT2D eigenvalue weighted by Gasteiger charge is 2.29. The zero-order valence-corrected chi connectivity index (χ0v) is 12.1. The Morgan fingerprint density at radius 2 is 2.11 bits per heavy atom. The van der Waals surface area contributed by atoms with Gasteiger partial charge in [-0.2, -0.15) is 0 Å². The molecule has 2 heterocycles. The Kier molecular flexibility index (Phi) is 4.81. The molecule has 1 N–H and O–H groups in total. The third-order valence-electron chi connectivity index (χ3n) is 3.73. The average molecular weight is 290 g/mol. The van der Waals surface area contributed by atoms with Crippen molar-refractivity contribution >= 4 is 15.7 Å². The first-order valence-electron chi connectivity index (χ1n) is 6.78. The Bertz CT molecular complexity index is 417. The fraction of sp³-hybridized carbons (Fsp3) is 0.917. The van der Waals surface area contributed by atoms with Crippen LogP contribution in [-0.4, -0.2) is 69.6 Å². The van der Waals surface area contributed by atoms with Gasteiger partial charge in [0, 0.05) is 13.1 Å². The molecular formula is C12H22N2O4S.